The van der Waals surface area contributed by atoms with E-state index in [1.165, 1.54) is 12.8 Å². The standard InChI is InChI=1S/C10H16N4O.ClH/c15-10-12-9(7-1-2-7)13-14(10)8-3-5-11-6-4-8;/h7-8,11H,1-6H2,(H,12,13,15);1H. The predicted molar refractivity (Wildman–Crippen MR) is 63.2 cm³/mol. The van der Waals surface area contributed by atoms with E-state index in [0.717, 1.165) is 31.8 Å². The molecule has 0 atom stereocenters. The van der Waals surface area contributed by atoms with E-state index in [4.69, 9.17) is 0 Å². The molecule has 3 rings (SSSR count). The number of hydrogen-bond donors (Lipinski definition) is 2. The topological polar surface area (TPSA) is 62.7 Å². The predicted octanol–water partition coefficient (Wildman–Crippen LogP) is 0.795. The van der Waals surface area contributed by atoms with Gasteiger partial charge in [0.15, 0.2) is 0 Å². The van der Waals surface area contributed by atoms with Gasteiger partial charge in [-0.15, -0.1) is 12.4 Å². The average molecular weight is 245 g/mol. The average Bonchev–Trinajstić information content (AvgIpc) is 3.04. The van der Waals surface area contributed by atoms with Crippen molar-refractivity contribution in [3.05, 3.63) is 16.3 Å². The van der Waals surface area contributed by atoms with E-state index in [-0.39, 0.29) is 18.1 Å². The van der Waals surface area contributed by atoms with Crippen molar-refractivity contribution in [2.45, 2.75) is 37.6 Å². The van der Waals surface area contributed by atoms with Crippen LogP contribution in [0.15, 0.2) is 4.79 Å². The molecule has 0 aromatic carbocycles. The third-order valence-corrected chi connectivity index (χ3v) is 3.28. The van der Waals surface area contributed by atoms with Gasteiger partial charge in [0.25, 0.3) is 0 Å². The van der Waals surface area contributed by atoms with Gasteiger partial charge in [0.2, 0.25) is 0 Å². The van der Waals surface area contributed by atoms with Gasteiger partial charge in [0.1, 0.15) is 5.82 Å². The zero-order valence-corrected chi connectivity index (χ0v) is 9.92. The van der Waals surface area contributed by atoms with E-state index in [1.54, 1.807) is 4.68 Å². The minimum atomic E-state index is -0.0243. The van der Waals surface area contributed by atoms with Gasteiger partial charge in [0, 0.05) is 5.92 Å². The van der Waals surface area contributed by atoms with Crippen LogP contribution < -0.4 is 11.0 Å². The minimum absolute atomic E-state index is 0. The summed E-state index contributed by atoms with van der Waals surface area (Å²) in [6.07, 6.45) is 4.38. The molecule has 2 heterocycles. The molecule has 0 unspecified atom stereocenters. The first-order chi connectivity index (χ1) is 7.34. The van der Waals surface area contributed by atoms with Gasteiger partial charge in [0.05, 0.1) is 6.04 Å². The number of halogens is 1. The second-order valence-electron chi connectivity index (χ2n) is 4.52. The molecular weight excluding hydrogens is 228 g/mol. The molecule has 0 spiro atoms. The summed E-state index contributed by atoms with van der Waals surface area (Å²) in [5, 5.41) is 7.71. The van der Waals surface area contributed by atoms with E-state index in [0.29, 0.717) is 12.0 Å². The second-order valence-corrected chi connectivity index (χ2v) is 4.52. The van der Waals surface area contributed by atoms with Crippen LogP contribution in [0.1, 0.15) is 43.5 Å². The summed E-state index contributed by atoms with van der Waals surface area (Å²) in [6, 6.07) is 0.294. The van der Waals surface area contributed by atoms with Crippen LogP contribution in [0.5, 0.6) is 0 Å². The van der Waals surface area contributed by atoms with E-state index >= 15 is 0 Å². The van der Waals surface area contributed by atoms with Crippen LogP contribution in [0.2, 0.25) is 0 Å². The van der Waals surface area contributed by atoms with E-state index < -0.39 is 0 Å². The lowest BCUT2D eigenvalue weighted by atomic mass is 10.1. The molecule has 1 aliphatic carbocycles. The fraction of sp³-hybridized carbons (Fsp3) is 0.800. The van der Waals surface area contributed by atoms with Crippen LogP contribution in [-0.2, 0) is 0 Å². The number of piperidine rings is 1. The van der Waals surface area contributed by atoms with Gasteiger partial charge in [-0.3, -0.25) is 4.98 Å². The lowest BCUT2D eigenvalue weighted by Gasteiger charge is -2.21. The second kappa shape index (κ2) is 4.59. The molecule has 1 aromatic heterocycles. The van der Waals surface area contributed by atoms with Crippen LogP contribution >= 0.6 is 12.4 Å². The molecule has 2 aliphatic rings. The molecule has 0 bridgehead atoms. The molecule has 90 valence electrons. The largest absolute Gasteiger partial charge is 0.343 e. The Bertz CT molecular complexity index is 403. The monoisotopic (exact) mass is 244 g/mol. The summed E-state index contributed by atoms with van der Waals surface area (Å²) in [7, 11) is 0. The molecule has 1 aromatic rings. The number of hydrogen-bond acceptors (Lipinski definition) is 3. The summed E-state index contributed by atoms with van der Waals surface area (Å²) in [5.41, 5.74) is -0.0243. The Morgan fingerprint density at radius 1 is 1.19 bits per heavy atom. The van der Waals surface area contributed by atoms with Crippen molar-refractivity contribution < 1.29 is 0 Å². The highest BCUT2D eigenvalue weighted by molar-refractivity contribution is 5.85. The van der Waals surface area contributed by atoms with Gasteiger partial charge in [-0.1, -0.05) is 0 Å². The highest BCUT2D eigenvalue weighted by Crippen LogP contribution is 2.37. The van der Waals surface area contributed by atoms with Gasteiger partial charge in [-0.05, 0) is 38.8 Å². The van der Waals surface area contributed by atoms with Gasteiger partial charge < -0.3 is 5.32 Å². The van der Waals surface area contributed by atoms with Gasteiger partial charge >= 0.3 is 5.69 Å². The van der Waals surface area contributed by atoms with Crippen molar-refractivity contribution >= 4 is 12.4 Å². The molecule has 2 fully saturated rings. The van der Waals surface area contributed by atoms with Crippen LogP contribution in [0.25, 0.3) is 0 Å². The summed E-state index contributed by atoms with van der Waals surface area (Å²) < 4.78 is 1.66. The number of nitrogens with one attached hydrogen (secondary N) is 2. The first kappa shape index (κ1) is 11.7. The molecule has 6 heteroatoms. The number of nitrogens with zero attached hydrogens (tertiary/aromatic N) is 2. The third-order valence-electron chi connectivity index (χ3n) is 3.28. The third kappa shape index (κ3) is 2.15. The number of H-pyrrole nitrogens is 1. The molecular formula is C10H17ClN4O. The minimum Gasteiger partial charge on any atom is -0.317 e. The Hall–Kier alpha value is -0.810. The Balaban J connectivity index is 0.000000963. The SMILES string of the molecule is Cl.O=c1[nH]c(C2CC2)nn1C1CCNCC1. The maximum atomic E-state index is 11.7. The van der Waals surface area contributed by atoms with Crippen LogP contribution in [0.3, 0.4) is 0 Å². The first-order valence-electron chi connectivity index (χ1n) is 5.74. The smallest absolute Gasteiger partial charge is 0.317 e. The van der Waals surface area contributed by atoms with Crippen molar-refractivity contribution in [3.8, 4) is 0 Å². The summed E-state index contributed by atoms with van der Waals surface area (Å²) in [4.78, 5) is 14.6. The van der Waals surface area contributed by atoms with Crippen molar-refractivity contribution in [2.24, 2.45) is 0 Å². The Morgan fingerprint density at radius 2 is 1.88 bits per heavy atom. The molecule has 0 amide bonds. The molecule has 1 saturated carbocycles. The molecule has 1 aliphatic heterocycles. The van der Waals surface area contributed by atoms with Crippen LogP contribution in [0.4, 0.5) is 0 Å². The Morgan fingerprint density at radius 3 is 2.50 bits per heavy atom. The van der Waals surface area contributed by atoms with Crippen molar-refractivity contribution in [3.63, 3.8) is 0 Å². The number of aromatic nitrogens is 3. The van der Waals surface area contributed by atoms with Gasteiger partial charge in [-0.25, -0.2) is 9.48 Å². The molecule has 2 N–H and O–H groups in total. The summed E-state index contributed by atoms with van der Waals surface area (Å²) in [5.74, 6) is 1.43. The van der Waals surface area contributed by atoms with E-state index in [9.17, 15) is 4.79 Å². The van der Waals surface area contributed by atoms with E-state index in [2.05, 4.69) is 15.4 Å². The zero-order valence-electron chi connectivity index (χ0n) is 9.11. The van der Waals surface area contributed by atoms with E-state index in [1.807, 2.05) is 0 Å². The fourth-order valence-electron chi connectivity index (χ4n) is 2.19. The highest BCUT2D eigenvalue weighted by atomic mass is 35.5. The van der Waals surface area contributed by atoms with Crippen molar-refractivity contribution in [1.82, 2.24) is 20.1 Å². The quantitative estimate of drug-likeness (QED) is 0.809. The number of aromatic amines is 1. The number of rotatable bonds is 2. The van der Waals surface area contributed by atoms with Crippen molar-refractivity contribution in [1.29, 1.82) is 0 Å². The first-order valence-corrected chi connectivity index (χ1v) is 5.74. The zero-order chi connectivity index (χ0) is 10.3. The molecule has 5 nitrogen and oxygen atoms in total. The molecule has 1 saturated heterocycles. The summed E-state index contributed by atoms with van der Waals surface area (Å²) >= 11 is 0. The van der Waals surface area contributed by atoms with Gasteiger partial charge in [-0.2, -0.15) is 5.10 Å². The Kier molecular flexibility index (Phi) is 3.35. The molecule has 16 heavy (non-hydrogen) atoms. The highest BCUT2D eigenvalue weighted by Gasteiger charge is 2.29. The Labute approximate surface area is 100 Å². The lowest BCUT2D eigenvalue weighted by molar-refractivity contribution is 0.334. The van der Waals surface area contributed by atoms with Crippen LogP contribution in [0, 0.1) is 0 Å². The fourth-order valence-corrected chi connectivity index (χ4v) is 2.19. The van der Waals surface area contributed by atoms with Crippen molar-refractivity contribution in [2.75, 3.05) is 13.1 Å². The maximum absolute atomic E-state index is 11.7. The lowest BCUT2D eigenvalue weighted by Crippen LogP contribution is -2.33. The molecule has 0 radical (unpaired) electrons. The normalized spacial score (nSPS) is 21.8. The summed E-state index contributed by atoms with van der Waals surface area (Å²) in [6.45, 7) is 1.98. The maximum Gasteiger partial charge on any atom is 0.343 e. The van der Waals surface area contributed by atoms with Crippen LogP contribution in [-0.4, -0.2) is 27.9 Å².